The van der Waals surface area contributed by atoms with Crippen molar-refractivity contribution in [3.8, 4) is 5.75 Å². The Morgan fingerprint density at radius 1 is 1.30 bits per heavy atom. The molecule has 1 spiro atoms. The molecule has 1 aromatic carbocycles. The summed E-state index contributed by atoms with van der Waals surface area (Å²) in [7, 11) is 0. The van der Waals surface area contributed by atoms with Crippen LogP contribution in [0.5, 0.6) is 5.75 Å². The van der Waals surface area contributed by atoms with Gasteiger partial charge in [0.1, 0.15) is 24.3 Å². The minimum Gasteiger partial charge on any atom is -0.491 e. The van der Waals surface area contributed by atoms with Crippen molar-refractivity contribution in [3.05, 3.63) is 52.6 Å². The molecule has 140 valence electrons. The molecule has 0 saturated carbocycles. The number of carbonyl (C=O) groups excluding carboxylic acids is 1. The van der Waals surface area contributed by atoms with Gasteiger partial charge in [0, 0.05) is 5.56 Å². The third-order valence-corrected chi connectivity index (χ3v) is 6.62. The van der Waals surface area contributed by atoms with Crippen LogP contribution in [0.4, 0.5) is 0 Å². The Bertz CT molecular complexity index is 915. The van der Waals surface area contributed by atoms with Crippen LogP contribution in [-0.4, -0.2) is 41.1 Å². The Morgan fingerprint density at radius 2 is 2.04 bits per heavy atom. The number of rotatable bonds is 2. The Labute approximate surface area is 158 Å². The van der Waals surface area contributed by atoms with Crippen molar-refractivity contribution >= 4 is 11.9 Å². The highest BCUT2D eigenvalue weighted by Gasteiger charge is 2.61. The zero-order valence-electron chi connectivity index (χ0n) is 15.4. The molecule has 1 amide bonds. The van der Waals surface area contributed by atoms with Crippen LogP contribution in [-0.2, 0) is 27.8 Å². The van der Waals surface area contributed by atoms with Gasteiger partial charge >= 0.3 is 5.97 Å². The van der Waals surface area contributed by atoms with Gasteiger partial charge in [0.25, 0.3) is 0 Å². The number of fused-ring (bicyclic) bond motifs is 5. The molecule has 0 aromatic heterocycles. The zero-order chi connectivity index (χ0) is 18.8. The Hall–Kier alpha value is -2.56. The number of carboxylic acid groups (broad SMARTS) is 1. The highest BCUT2D eigenvalue weighted by molar-refractivity contribution is 6.00. The van der Waals surface area contributed by atoms with Gasteiger partial charge in [0.05, 0.1) is 6.04 Å². The quantitative estimate of drug-likeness (QED) is 0.875. The summed E-state index contributed by atoms with van der Waals surface area (Å²) in [5.41, 5.74) is 3.68. The van der Waals surface area contributed by atoms with E-state index in [-0.39, 0.29) is 31.0 Å². The molecule has 2 aliphatic heterocycles. The van der Waals surface area contributed by atoms with Gasteiger partial charge in [-0.3, -0.25) is 9.59 Å². The van der Waals surface area contributed by atoms with Crippen LogP contribution in [0.25, 0.3) is 0 Å². The number of hydrogen-bond acceptors (Lipinski definition) is 3. The van der Waals surface area contributed by atoms with Crippen LogP contribution in [0.2, 0.25) is 0 Å². The van der Waals surface area contributed by atoms with E-state index in [1.165, 1.54) is 24.0 Å². The molecular formula is C22H23NO4. The molecule has 3 unspecified atom stereocenters. The Kier molecular flexibility index (Phi) is 3.51. The van der Waals surface area contributed by atoms with Gasteiger partial charge < -0.3 is 14.7 Å². The summed E-state index contributed by atoms with van der Waals surface area (Å²) >= 11 is 0. The van der Waals surface area contributed by atoms with Crippen molar-refractivity contribution in [2.75, 3.05) is 13.2 Å². The normalized spacial score (nSPS) is 30.6. The van der Waals surface area contributed by atoms with Gasteiger partial charge in [-0.1, -0.05) is 31.2 Å². The summed E-state index contributed by atoms with van der Waals surface area (Å²) in [6.07, 6.45) is 10.5. The second-order valence-electron chi connectivity index (χ2n) is 8.16. The van der Waals surface area contributed by atoms with E-state index in [1.54, 1.807) is 4.90 Å². The number of nitrogens with zero attached hydrogens (tertiary/aromatic N) is 1. The van der Waals surface area contributed by atoms with E-state index < -0.39 is 11.4 Å². The van der Waals surface area contributed by atoms with E-state index in [2.05, 4.69) is 12.1 Å². The van der Waals surface area contributed by atoms with E-state index in [9.17, 15) is 14.7 Å². The first-order valence-corrected chi connectivity index (χ1v) is 9.73. The molecule has 5 heteroatoms. The number of aliphatic carboxylic acids is 1. The number of likely N-dealkylation sites (tertiary alicyclic amines) is 1. The number of allylic oxidation sites excluding steroid dienone is 2. The van der Waals surface area contributed by atoms with Crippen LogP contribution in [0.15, 0.2) is 35.9 Å². The number of ether oxygens (including phenoxy) is 1. The SMILES string of the molecule is CC1C=CC=C2C1N(CC(=O)O)C(=O)C21COc2cc3c(cc21)CCCC3. The minimum absolute atomic E-state index is 0.0781. The number of hydrogen-bond donors (Lipinski definition) is 1. The molecule has 5 nitrogen and oxygen atoms in total. The van der Waals surface area contributed by atoms with Gasteiger partial charge in [-0.05, 0) is 54.4 Å². The smallest absolute Gasteiger partial charge is 0.323 e. The van der Waals surface area contributed by atoms with Gasteiger partial charge in [-0.2, -0.15) is 0 Å². The first-order valence-electron chi connectivity index (χ1n) is 9.73. The fourth-order valence-corrected chi connectivity index (χ4v) is 5.37. The van der Waals surface area contributed by atoms with Crippen molar-refractivity contribution in [1.82, 2.24) is 4.90 Å². The summed E-state index contributed by atoms with van der Waals surface area (Å²) < 4.78 is 6.05. The fraction of sp³-hybridized carbons (Fsp3) is 0.455. The van der Waals surface area contributed by atoms with E-state index in [0.29, 0.717) is 0 Å². The predicted octanol–water partition coefficient (Wildman–Crippen LogP) is 2.62. The molecule has 1 aromatic rings. The summed E-state index contributed by atoms with van der Waals surface area (Å²) in [5.74, 6) is -0.241. The van der Waals surface area contributed by atoms with Crippen LogP contribution >= 0.6 is 0 Å². The van der Waals surface area contributed by atoms with Crippen LogP contribution in [0.1, 0.15) is 36.5 Å². The Balaban J connectivity index is 1.69. The molecule has 27 heavy (non-hydrogen) atoms. The summed E-state index contributed by atoms with van der Waals surface area (Å²) in [6, 6.07) is 4.06. The molecule has 1 N–H and O–H groups in total. The van der Waals surface area contributed by atoms with Gasteiger partial charge in [-0.25, -0.2) is 0 Å². The lowest BCUT2D eigenvalue weighted by Crippen LogP contribution is -2.43. The van der Waals surface area contributed by atoms with Crippen molar-refractivity contribution in [2.24, 2.45) is 5.92 Å². The number of benzene rings is 1. The maximum atomic E-state index is 13.6. The largest absolute Gasteiger partial charge is 0.491 e. The van der Waals surface area contributed by atoms with E-state index in [1.807, 2.05) is 25.2 Å². The molecule has 2 heterocycles. The lowest BCUT2D eigenvalue weighted by atomic mass is 9.71. The van der Waals surface area contributed by atoms with Gasteiger partial charge in [0.2, 0.25) is 5.91 Å². The lowest BCUT2D eigenvalue weighted by molar-refractivity contribution is -0.145. The van der Waals surface area contributed by atoms with E-state index in [4.69, 9.17) is 4.74 Å². The number of carboxylic acids is 1. The van der Waals surface area contributed by atoms with Gasteiger partial charge in [-0.15, -0.1) is 0 Å². The predicted molar refractivity (Wildman–Crippen MR) is 99.8 cm³/mol. The zero-order valence-corrected chi connectivity index (χ0v) is 15.4. The molecular weight excluding hydrogens is 342 g/mol. The third-order valence-electron chi connectivity index (χ3n) is 6.62. The maximum absolute atomic E-state index is 13.6. The van der Waals surface area contributed by atoms with Crippen molar-refractivity contribution in [1.29, 1.82) is 0 Å². The maximum Gasteiger partial charge on any atom is 0.323 e. The van der Waals surface area contributed by atoms with Crippen LogP contribution in [0.3, 0.4) is 0 Å². The molecule has 5 rings (SSSR count). The summed E-state index contributed by atoms with van der Waals surface area (Å²) in [5, 5.41) is 9.39. The monoisotopic (exact) mass is 365 g/mol. The lowest BCUT2D eigenvalue weighted by Gasteiger charge is -2.29. The average molecular weight is 365 g/mol. The highest BCUT2D eigenvalue weighted by atomic mass is 16.5. The second kappa shape index (κ2) is 5.72. The van der Waals surface area contributed by atoms with Crippen LogP contribution in [0, 0.1) is 5.92 Å². The van der Waals surface area contributed by atoms with Crippen molar-refractivity contribution in [3.63, 3.8) is 0 Å². The summed E-state index contributed by atoms with van der Waals surface area (Å²) in [4.78, 5) is 26.6. The summed E-state index contributed by atoms with van der Waals surface area (Å²) in [6.45, 7) is 2.03. The van der Waals surface area contributed by atoms with Crippen molar-refractivity contribution < 1.29 is 19.4 Å². The molecule has 4 aliphatic rings. The molecule has 0 bridgehead atoms. The van der Waals surface area contributed by atoms with Crippen molar-refractivity contribution in [2.45, 2.75) is 44.1 Å². The first kappa shape index (κ1) is 16.6. The first-order chi connectivity index (χ1) is 13.0. The van der Waals surface area contributed by atoms with Crippen LogP contribution < -0.4 is 4.74 Å². The third kappa shape index (κ3) is 2.17. The molecule has 3 atom stereocenters. The highest BCUT2D eigenvalue weighted by Crippen LogP contribution is 2.54. The topological polar surface area (TPSA) is 66.8 Å². The van der Waals surface area contributed by atoms with E-state index in [0.717, 1.165) is 29.7 Å². The number of amides is 1. The number of carbonyl (C=O) groups is 2. The second-order valence-corrected chi connectivity index (χ2v) is 8.16. The standard InChI is InChI=1S/C22H23NO4/c1-13-5-4-8-16-20(13)23(11-19(24)25)21(26)22(16)12-27-18-10-15-7-3-2-6-14(15)9-17(18)22/h4-5,8-10,13,20H,2-3,6-7,11-12H2,1H3,(H,24,25). The van der Waals surface area contributed by atoms with E-state index >= 15 is 0 Å². The molecule has 1 saturated heterocycles. The molecule has 2 aliphatic carbocycles. The molecule has 0 radical (unpaired) electrons. The van der Waals surface area contributed by atoms with Gasteiger partial charge in [0.15, 0.2) is 0 Å². The minimum atomic E-state index is -0.980. The fourth-order valence-electron chi connectivity index (χ4n) is 5.37. The number of aryl methyl sites for hydroxylation is 2. The Morgan fingerprint density at radius 3 is 2.78 bits per heavy atom. The molecule has 1 fully saturated rings. The average Bonchev–Trinajstić information content (AvgIpc) is 3.13.